The number of rotatable bonds is 8. The van der Waals surface area contributed by atoms with Crippen molar-refractivity contribution in [2.24, 2.45) is 0 Å². The van der Waals surface area contributed by atoms with Gasteiger partial charge in [-0.2, -0.15) is 5.26 Å². The molecule has 0 bridgehead atoms. The van der Waals surface area contributed by atoms with Gasteiger partial charge in [-0.25, -0.2) is 4.79 Å². The standard InChI is InChI=1S/C15H18N2O4/c16-10-6-2-5-9-12(15(20)21)17-14(19)13(18)11-7-3-1-4-8-11/h1,3-4,7-8,12-13,18H,2,5-6,9H2,(H,17,19)(H,20,21)/t12-,13+/m1/s1. The highest BCUT2D eigenvalue weighted by molar-refractivity contribution is 5.86. The van der Waals surface area contributed by atoms with Crippen LogP contribution in [0.25, 0.3) is 0 Å². The zero-order valence-electron chi connectivity index (χ0n) is 11.5. The largest absolute Gasteiger partial charge is 0.480 e. The molecule has 0 unspecified atom stereocenters. The fraction of sp³-hybridized carbons (Fsp3) is 0.400. The number of nitrogens with one attached hydrogen (secondary N) is 1. The first-order valence-electron chi connectivity index (χ1n) is 6.69. The van der Waals surface area contributed by atoms with Crippen LogP contribution in [-0.2, 0) is 9.59 Å². The van der Waals surface area contributed by atoms with Crippen LogP contribution in [0.5, 0.6) is 0 Å². The van der Waals surface area contributed by atoms with E-state index in [4.69, 9.17) is 10.4 Å². The van der Waals surface area contributed by atoms with Crippen molar-refractivity contribution < 1.29 is 19.8 Å². The van der Waals surface area contributed by atoms with E-state index in [1.165, 1.54) is 0 Å². The fourth-order valence-electron chi connectivity index (χ4n) is 1.85. The van der Waals surface area contributed by atoms with E-state index in [0.717, 1.165) is 0 Å². The SMILES string of the molecule is N#CCCCC[C@@H](NC(=O)[C@@H](O)c1ccccc1)C(=O)O. The molecule has 0 radical (unpaired) electrons. The smallest absolute Gasteiger partial charge is 0.326 e. The summed E-state index contributed by atoms with van der Waals surface area (Å²) in [6, 6.07) is 9.22. The number of nitriles is 1. The number of amides is 1. The van der Waals surface area contributed by atoms with E-state index in [2.05, 4.69) is 5.32 Å². The van der Waals surface area contributed by atoms with Gasteiger partial charge in [-0.15, -0.1) is 0 Å². The maximum Gasteiger partial charge on any atom is 0.326 e. The van der Waals surface area contributed by atoms with Crippen LogP contribution in [0.1, 0.15) is 37.4 Å². The molecule has 6 nitrogen and oxygen atoms in total. The number of hydrogen-bond donors (Lipinski definition) is 3. The summed E-state index contributed by atoms with van der Waals surface area (Å²) in [6.45, 7) is 0. The quantitative estimate of drug-likeness (QED) is 0.626. The molecule has 2 atom stereocenters. The fourth-order valence-corrected chi connectivity index (χ4v) is 1.85. The molecule has 0 aliphatic carbocycles. The first-order chi connectivity index (χ1) is 10.1. The summed E-state index contributed by atoms with van der Waals surface area (Å²) < 4.78 is 0. The number of carboxylic acid groups (broad SMARTS) is 1. The maximum atomic E-state index is 11.9. The van der Waals surface area contributed by atoms with Crippen molar-refractivity contribution in [1.82, 2.24) is 5.32 Å². The molecular weight excluding hydrogens is 272 g/mol. The molecule has 3 N–H and O–H groups in total. The molecule has 1 aromatic carbocycles. The molecule has 0 spiro atoms. The Morgan fingerprint density at radius 3 is 2.48 bits per heavy atom. The molecule has 21 heavy (non-hydrogen) atoms. The highest BCUT2D eigenvalue weighted by atomic mass is 16.4. The van der Waals surface area contributed by atoms with Crippen LogP contribution < -0.4 is 5.32 Å². The summed E-state index contributed by atoms with van der Waals surface area (Å²) in [5.41, 5.74) is 0.406. The minimum absolute atomic E-state index is 0.226. The number of carbonyl (C=O) groups is 2. The minimum atomic E-state index is -1.40. The molecule has 6 heteroatoms. The molecule has 0 fully saturated rings. The van der Waals surface area contributed by atoms with Gasteiger partial charge in [0, 0.05) is 6.42 Å². The highest BCUT2D eigenvalue weighted by Gasteiger charge is 2.24. The Morgan fingerprint density at radius 1 is 1.24 bits per heavy atom. The Balaban J connectivity index is 2.56. The van der Waals surface area contributed by atoms with Gasteiger partial charge < -0.3 is 15.5 Å². The number of unbranched alkanes of at least 4 members (excludes halogenated alkanes) is 2. The Bertz CT molecular complexity index is 510. The average Bonchev–Trinajstić information content (AvgIpc) is 2.50. The number of carbonyl (C=O) groups excluding carboxylic acids is 1. The summed E-state index contributed by atoms with van der Waals surface area (Å²) in [6.07, 6.45) is 0.285. The summed E-state index contributed by atoms with van der Waals surface area (Å²) in [5.74, 6) is -1.89. The van der Waals surface area contributed by atoms with Gasteiger partial charge in [0.15, 0.2) is 6.10 Å². The number of aliphatic hydroxyl groups excluding tert-OH is 1. The number of nitrogens with zero attached hydrogens (tertiary/aromatic N) is 1. The topological polar surface area (TPSA) is 110 Å². The third-order valence-corrected chi connectivity index (χ3v) is 3.01. The number of aliphatic hydroxyl groups is 1. The summed E-state index contributed by atoms with van der Waals surface area (Å²) in [5, 5.41) is 29.7. The minimum Gasteiger partial charge on any atom is -0.480 e. The van der Waals surface area contributed by atoms with Gasteiger partial charge in [0.2, 0.25) is 0 Å². The normalized spacial score (nSPS) is 13.0. The molecule has 0 aliphatic rings. The molecule has 0 aromatic heterocycles. The van der Waals surface area contributed by atoms with E-state index in [1.807, 2.05) is 6.07 Å². The van der Waals surface area contributed by atoms with Crippen LogP contribution in [0.15, 0.2) is 30.3 Å². The van der Waals surface area contributed by atoms with Crippen molar-refractivity contribution in [1.29, 1.82) is 5.26 Å². The van der Waals surface area contributed by atoms with Gasteiger partial charge in [-0.05, 0) is 24.8 Å². The van der Waals surface area contributed by atoms with E-state index < -0.39 is 24.0 Å². The van der Waals surface area contributed by atoms with Gasteiger partial charge >= 0.3 is 5.97 Å². The molecule has 1 rings (SSSR count). The Labute approximate surface area is 123 Å². The molecule has 0 saturated heterocycles. The van der Waals surface area contributed by atoms with Gasteiger partial charge in [0.1, 0.15) is 6.04 Å². The van der Waals surface area contributed by atoms with Crippen molar-refractivity contribution >= 4 is 11.9 Å². The second-order valence-electron chi connectivity index (χ2n) is 4.62. The molecule has 0 heterocycles. The first kappa shape index (κ1) is 16.7. The molecule has 1 aromatic rings. The Hall–Kier alpha value is -2.39. The summed E-state index contributed by atoms with van der Waals surface area (Å²) in [7, 11) is 0. The second-order valence-corrected chi connectivity index (χ2v) is 4.62. The van der Waals surface area contributed by atoms with Crippen LogP contribution in [0.3, 0.4) is 0 Å². The van der Waals surface area contributed by atoms with Crippen LogP contribution in [0.2, 0.25) is 0 Å². The van der Waals surface area contributed by atoms with Crippen molar-refractivity contribution in [3.8, 4) is 6.07 Å². The average molecular weight is 290 g/mol. The monoisotopic (exact) mass is 290 g/mol. The number of carboxylic acids is 1. The van der Waals surface area contributed by atoms with Gasteiger partial charge in [-0.1, -0.05) is 30.3 Å². The lowest BCUT2D eigenvalue weighted by Gasteiger charge is -2.17. The predicted molar refractivity (Wildman–Crippen MR) is 75.0 cm³/mol. The summed E-state index contributed by atoms with van der Waals surface area (Å²) >= 11 is 0. The lowest BCUT2D eigenvalue weighted by atomic mass is 10.1. The molecule has 0 saturated carbocycles. The zero-order chi connectivity index (χ0) is 15.7. The lowest BCUT2D eigenvalue weighted by molar-refractivity contribution is -0.143. The predicted octanol–water partition coefficient (Wildman–Crippen LogP) is 1.37. The highest BCUT2D eigenvalue weighted by Crippen LogP contribution is 2.13. The van der Waals surface area contributed by atoms with E-state index >= 15 is 0 Å². The third kappa shape index (κ3) is 5.63. The number of benzene rings is 1. The van der Waals surface area contributed by atoms with Crippen molar-refractivity contribution in [2.75, 3.05) is 0 Å². The van der Waals surface area contributed by atoms with Crippen LogP contribution >= 0.6 is 0 Å². The number of aliphatic carboxylic acids is 1. The second kappa shape index (κ2) is 8.72. The van der Waals surface area contributed by atoms with Crippen LogP contribution in [0.4, 0.5) is 0 Å². The van der Waals surface area contributed by atoms with E-state index in [1.54, 1.807) is 30.3 Å². The third-order valence-electron chi connectivity index (χ3n) is 3.01. The van der Waals surface area contributed by atoms with Crippen molar-refractivity contribution in [3.63, 3.8) is 0 Å². The van der Waals surface area contributed by atoms with Gasteiger partial charge in [0.05, 0.1) is 6.07 Å². The van der Waals surface area contributed by atoms with Gasteiger partial charge in [-0.3, -0.25) is 4.79 Å². The molecular formula is C15H18N2O4. The van der Waals surface area contributed by atoms with E-state index in [-0.39, 0.29) is 6.42 Å². The first-order valence-corrected chi connectivity index (χ1v) is 6.69. The molecule has 0 aliphatic heterocycles. The zero-order valence-corrected chi connectivity index (χ0v) is 11.5. The van der Waals surface area contributed by atoms with Crippen LogP contribution in [-0.4, -0.2) is 28.1 Å². The van der Waals surface area contributed by atoms with Gasteiger partial charge in [0.25, 0.3) is 5.91 Å². The van der Waals surface area contributed by atoms with E-state index in [0.29, 0.717) is 24.8 Å². The molecule has 1 amide bonds. The summed E-state index contributed by atoms with van der Waals surface area (Å²) in [4.78, 5) is 23.0. The van der Waals surface area contributed by atoms with Crippen molar-refractivity contribution in [3.05, 3.63) is 35.9 Å². The molecule has 112 valence electrons. The Kier molecular flexibility index (Phi) is 6.92. The van der Waals surface area contributed by atoms with E-state index in [9.17, 15) is 14.7 Å². The lowest BCUT2D eigenvalue weighted by Crippen LogP contribution is -2.43. The maximum absolute atomic E-state index is 11.9. The Morgan fingerprint density at radius 2 is 1.90 bits per heavy atom. The van der Waals surface area contributed by atoms with Crippen LogP contribution in [0, 0.1) is 11.3 Å². The van der Waals surface area contributed by atoms with Crippen molar-refractivity contribution in [2.45, 2.75) is 37.8 Å². The number of hydrogen-bond acceptors (Lipinski definition) is 4.